The molecule has 0 spiro atoms. The minimum Gasteiger partial charge on any atom is -0.399 e. The van der Waals surface area contributed by atoms with Crippen LogP contribution < -0.4 is 27.2 Å². The summed E-state index contributed by atoms with van der Waals surface area (Å²) in [5, 5.41) is 10.5. The van der Waals surface area contributed by atoms with Crippen molar-refractivity contribution >= 4 is 33.9 Å². The van der Waals surface area contributed by atoms with E-state index in [2.05, 4.69) is 30.9 Å². The van der Waals surface area contributed by atoms with Gasteiger partial charge in [0.1, 0.15) is 17.0 Å². The molecule has 0 amide bonds. The number of rotatable bonds is 4. The predicted molar refractivity (Wildman–Crippen MR) is 104 cm³/mol. The van der Waals surface area contributed by atoms with Crippen molar-refractivity contribution in [2.24, 2.45) is 0 Å². The zero-order chi connectivity index (χ0) is 17.9. The topological polar surface area (TPSA) is 121 Å². The summed E-state index contributed by atoms with van der Waals surface area (Å²) in [7, 11) is 0. The van der Waals surface area contributed by atoms with Gasteiger partial charge in [-0.2, -0.15) is 0 Å². The van der Waals surface area contributed by atoms with Gasteiger partial charge < -0.3 is 26.7 Å². The number of nitrogens with one attached hydrogen (secondary N) is 4. The fourth-order valence-corrected chi connectivity index (χ4v) is 3.14. The second-order valence-electron chi connectivity index (χ2n) is 6.42. The Hall–Kier alpha value is -3.13. The third-order valence-electron chi connectivity index (χ3n) is 4.45. The molecule has 134 valence electrons. The lowest BCUT2D eigenvalue weighted by Crippen LogP contribution is -2.38. The van der Waals surface area contributed by atoms with E-state index in [9.17, 15) is 4.79 Å². The van der Waals surface area contributed by atoms with E-state index in [0.29, 0.717) is 34.3 Å². The molecule has 3 aromatic rings. The molecule has 0 radical (unpaired) electrons. The summed E-state index contributed by atoms with van der Waals surface area (Å²) in [6, 6.07) is 9.40. The standard InChI is InChI=1S/C18H21N7O/c19-11-3-5-12(6-4-11)24-17-16-14(21-10-22-18(16)26)8-15(25-17)23-13-2-1-7-20-9-13/h3-6,8,10,13,20H,1-2,7,9,19H2,(H,21,22,26)(H2,23,24,25)/t13-/m1/s1. The number of anilines is 4. The third kappa shape index (κ3) is 3.45. The zero-order valence-electron chi connectivity index (χ0n) is 14.2. The average molecular weight is 351 g/mol. The van der Waals surface area contributed by atoms with Crippen LogP contribution in [0.2, 0.25) is 0 Å². The molecule has 1 fully saturated rings. The minimum atomic E-state index is -0.230. The van der Waals surface area contributed by atoms with Crippen molar-refractivity contribution in [3.05, 3.63) is 47.0 Å². The van der Waals surface area contributed by atoms with Crippen molar-refractivity contribution in [1.29, 1.82) is 0 Å². The molecule has 2 aromatic heterocycles. The van der Waals surface area contributed by atoms with E-state index in [1.54, 1.807) is 12.1 Å². The molecule has 26 heavy (non-hydrogen) atoms. The Morgan fingerprint density at radius 2 is 2.08 bits per heavy atom. The number of H-pyrrole nitrogens is 1. The summed E-state index contributed by atoms with van der Waals surface area (Å²) < 4.78 is 0. The number of hydrogen-bond acceptors (Lipinski definition) is 7. The maximum Gasteiger partial charge on any atom is 0.262 e. The minimum absolute atomic E-state index is 0.230. The number of nitrogens with two attached hydrogens (primary N) is 1. The summed E-state index contributed by atoms with van der Waals surface area (Å²) >= 11 is 0. The molecule has 1 aromatic carbocycles. The van der Waals surface area contributed by atoms with Gasteiger partial charge in [-0.05, 0) is 43.7 Å². The number of fused-ring (bicyclic) bond motifs is 1. The molecule has 8 heteroatoms. The van der Waals surface area contributed by atoms with Crippen LogP contribution >= 0.6 is 0 Å². The predicted octanol–water partition coefficient (Wildman–Crippen LogP) is 1.81. The Kier molecular flexibility index (Phi) is 4.40. The van der Waals surface area contributed by atoms with Crippen LogP contribution in [0.3, 0.4) is 0 Å². The smallest absolute Gasteiger partial charge is 0.262 e. The number of nitrogen functional groups attached to an aromatic ring is 1. The van der Waals surface area contributed by atoms with E-state index >= 15 is 0 Å². The van der Waals surface area contributed by atoms with Crippen molar-refractivity contribution < 1.29 is 0 Å². The van der Waals surface area contributed by atoms with Gasteiger partial charge in [-0.3, -0.25) is 4.79 Å². The van der Waals surface area contributed by atoms with Gasteiger partial charge in [0.2, 0.25) is 0 Å². The van der Waals surface area contributed by atoms with E-state index in [-0.39, 0.29) is 5.56 Å². The number of nitrogens with zero attached hydrogens (tertiary/aromatic N) is 2. The van der Waals surface area contributed by atoms with Crippen molar-refractivity contribution in [3.8, 4) is 0 Å². The summed E-state index contributed by atoms with van der Waals surface area (Å²) in [6.07, 6.45) is 3.61. The highest BCUT2D eigenvalue weighted by Crippen LogP contribution is 2.25. The van der Waals surface area contributed by atoms with Gasteiger partial charge in [0, 0.05) is 30.0 Å². The summed E-state index contributed by atoms with van der Waals surface area (Å²) in [6.45, 7) is 1.94. The molecule has 1 aliphatic rings. The highest BCUT2D eigenvalue weighted by molar-refractivity contribution is 5.92. The molecule has 3 heterocycles. The van der Waals surface area contributed by atoms with Crippen molar-refractivity contribution in [2.45, 2.75) is 18.9 Å². The van der Waals surface area contributed by atoms with Crippen LogP contribution in [0.4, 0.5) is 23.0 Å². The van der Waals surface area contributed by atoms with Crippen LogP contribution in [-0.4, -0.2) is 34.1 Å². The van der Waals surface area contributed by atoms with Crippen molar-refractivity contribution in [3.63, 3.8) is 0 Å². The quantitative estimate of drug-likeness (QED) is 0.455. The van der Waals surface area contributed by atoms with Gasteiger partial charge in [0.05, 0.1) is 11.8 Å². The molecule has 0 aliphatic carbocycles. The Bertz CT molecular complexity index is 961. The van der Waals surface area contributed by atoms with Crippen LogP contribution in [0.25, 0.3) is 10.9 Å². The van der Waals surface area contributed by atoms with Crippen LogP contribution in [0.15, 0.2) is 41.5 Å². The first-order chi connectivity index (χ1) is 12.7. The maximum atomic E-state index is 12.3. The number of aromatic amines is 1. The Balaban J connectivity index is 1.72. The fourth-order valence-electron chi connectivity index (χ4n) is 3.14. The molecule has 0 bridgehead atoms. The van der Waals surface area contributed by atoms with Gasteiger partial charge in [-0.1, -0.05) is 0 Å². The van der Waals surface area contributed by atoms with Gasteiger partial charge in [0.15, 0.2) is 0 Å². The van der Waals surface area contributed by atoms with Crippen molar-refractivity contribution in [2.75, 3.05) is 29.5 Å². The van der Waals surface area contributed by atoms with E-state index in [4.69, 9.17) is 5.73 Å². The Morgan fingerprint density at radius 1 is 1.23 bits per heavy atom. The first-order valence-corrected chi connectivity index (χ1v) is 8.67. The highest BCUT2D eigenvalue weighted by atomic mass is 16.1. The summed E-state index contributed by atoms with van der Waals surface area (Å²) in [5.74, 6) is 1.16. The first-order valence-electron chi connectivity index (χ1n) is 8.67. The van der Waals surface area contributed by atoms with Crippen LogP contribution in [0, 0.1) is 0 Å². The molecule has 8 nitrogen and oxygen atoms in total. The molecule has 6 N–H and O–H groups in total. The Labute approximate surface area is 150 Å². The van der Waals surface area contributed by atoms with Gasteiger partial charge >= 0.3 is 0 Å². The molecule has 1 atom stereocenters. The van der Waals surface area contributed by atoms with E-state index in [0.717, 1.165) is 31.6 Å². The lowest BCUT2D eigenvalue weighted by molar-refractivity contribution is 0.479. The zero-order valence-corrected chi connectivity index (χ0v) is 14.2. The Morgan fingerprint density at radius 3 is 2.85 bits per heavy atom. The molecule has 0 saturated carbocycles. The number of benzene rings is 1. The van der Waals surface area contributed by atoms with Gasteiger partial charge in [-0.25, -0.2) is 9.97 Å². The normalized spacial score (nSPS) is 17.2. The first kappa shape index (κ1) is 16.3. The molecular weight excluding hydrogens is 330 g/mol. The van der Waals surface area contributed by atoms with Crippen molar-refractivity contribution in [1.82, 2.24) is 20.3 Å². The number of hydrogen-bond donors (Lipinski definition) is 5. The number of piperidine rings is 1. The van der Waals surface area contributed by atoms with Crippen LogP contribution in [0.5, 0.6) is 0 Å². The largest absolute Gasteiger partial charge is 0.399 e. The van der Waals surface area contributed by atoms with Gasteiger partial charge in [0.25, 0.3) is 5.56 Å². The number of pyridine rings is 1. The second-order valence-corrected chi connectivity index (χ2v) is 6.42. The van der Waals surface area contributed by atoms with Crippen LogP contribution in [-0.2, 0) is 0 Å². The van der Waals surface area contributed by atoms with E-state index in [1.807, 2.05) is 18.2 Å². The average Bonchev–Trinajstić information content (AvgIpc) is 2.64. The SMILES string of the molecule is Nc1ccc(Nc2nc(N[C@@H]3CCCNC3)cc3nc[nH]c(=O)c23)cc1. The highest BCUT2D eigenvalue weighted by Gasteiger charge is 2.16. The second kappa shape index (κ2) is 7.01. The molecule has 1 saturated heterocycles. The molecule has 4 rings (SSSR count). The summed E-state index contributed by atoms with van der Waals surface area (Å²) in [5.41, 5.74) is 7.57. The fraction of sp³-hybridized carbons (Fsp3) is 0.278. The van der Waals surface area contributed by atoms with E-state index < -0.39 is 0 Å². The molecule has 0 unspecified atom stereocenters. The third-order valence-corrected chi connectivity index (χ3v) is 4.45. The lowest BCUT2D eigenvalue weighted by atomic mass is 10.1. The van der Waals surface area contributed by atoms with Gasteiger partial charge in [-0.15, -0.1) is 0 Å². The molecule has 1 aliphatic heterocycles. The lowest BCUT2D eigenvalue weighted by Gasteiger charge is -2.24. The monoisotopic (exact) mass is 351 g/mol. The maximum absolute atomic E-state index is 12.3. The van der Waals surface area contributed by atoms with Crippen LogP contribution in [0.1, 0.15) is 12.8 Å². The number of aromatic nitrogens is 3. The van der Waals surface area contributed by atoms with E-state index in [1.165, 1.54) is 6.33 Å². The summed E-state index contributed by atoms with van der Waals surface area (Å²) in [4.78, 5) is 23.9. The molecular formula is C18H21N7O.